The summed E-state index contributed by atoms with van der Waals surface area (Å²) >= 11 is 3.40. The van der Waals surface area contributed by atoms with Crippen LogP contribution < -0.4 is 5.73 Å². The molecule has 1 aromatic rings. The highest BCUT2D eigenvalue weighted by Gasteiger charge is 2.01. The van der Waals surface area contributed by atoms with E-state index in [1.54, 1.807) is 0 Å². The summed E-state index contributed by atoms with van der Waals surface area (Å²) in [5.74, 6) is -0.259. The minimum Gasteiger partial charge on any atom is -0.466 e. The van der Waals surface area contributed by atoms with Crippen molar-refractivity contribution in [2.45, 2.75) is 13.3 Å². The average Bonchev–Trinajstić information content (AvgIpc) is 2.10. The van der Waals surface area contributed by atoms with Crippen molar-refractivity contribution in [2.75, 3.05) is 12.3 Å². The van der Waals surface area contributed by atoms with Gasteiger partial charge in [0.1, 0.15) is 0 Å². The van der Waals surface area contributed by atoms with E-state index < -0.39 is 0 Å². The van der Waals surface area contributed by atoms with Crippen LogP contribution in [0.25, 0.3) is 0 Å². The number of carbonyl (C=O) groups is 1. The molecule has 1 aromatic carbocycles. The summed E-state index contributed by atoms with van der Waals surface area (Å²) in [7, 11) is 0. The first-order valence-electron chi connectivity index (χ1n) is 4.27. The van der Waals surface area contributed by atoms with Crippen LogP contribution in [0, 0.1) is 0 Å². The van der Waals surface area contributed by atoms with Gasteiger partial charge in [-0.2, -0.15) is 0 Å². The van der Waals surface area contributed by atoms with Gasteiger partial charge < -0.3 is 10.5 Å². The third-order valence-electron chi connectivity index (χ3n) is 1.75. The fourth-order valence-electron chi connectivity index (χ4n) is 1.09. The van der Waals surface area contributed by atoms with E-state index in [2.05, 4.69) is 15.9 Å². The van der Waals surface area contributed by atoms with Crippen LogP contribution in [0.3, 0.4) is 0 Å². The van der Waals surface area contributed by atoms with Crippen LogP contribution >= 0.6 is 15.9 Å². The molecule has 3 nitrogen and oxygen atoms in total. The molecule has 0 heterocycles. The molecule has 0 fully saturated rings. The van der Waals surface area contributed by atoms with Crippen LogP contribution in [-0.2, 0) is 16.0 Å². The molecule has 0 saturated heterocycles. The zero-order valence-corrected chi connectivity index (χ0v) is 9.50. The van der Waals surface area contributed by atoms with Crippen molar-refractivity contribution in [3.8, 4) is 0 Å². The number of benzene rings is 1. The van der Waals surface area contributed by atoms with Crippen LogP contribution in [0.1, 0.15) is 12.5 Å². The van der Waals surface area contributed by atoms with Crippen molar-refractivity contribution < 1.29 is 9.53 Å². The molecule has 0 aromatic heterocycles. The highest BCUT2D eigenvalue weighted by Crippen LogP contribution is 2.19. The summed E-state index contributed by atoms with van der Waals surface area (Å²) < 4.78 is 5.83. The zero-order chi connectivity index (χ0) is 10.6. The predicted molar refractivity (Wildman–Crippen MR) is 58.9 cm³/mol. The van der Waals surface area contributed by atoms with Gasteiger partial charge in [-0.15, -0.1) is 0 Å². The maximum Gasteiger partial charge on any atom is 0.302 e. The summed E-state index contributed by atoms with van der Waals surface area (Å²) in [5.41, 5.74) is 7.39. The van der Waals surface area contributed by atoms with Crippen LogP contribution in [0.2, 0.25) is 0 Å². The molecule has 1 rings (SSSR count). The van der Waals surface area contributed by atoms with Crippen molar-refractivity contribution >= 4 is 27.6 Å². The predicted octanol–water partition coefficient (Wildman–Crippen LogP) is 2.14. The van der Waals surface area contributed by atoms with E-state index >= 15 is 0 Å². The lowest BCUT2D eigenvalue weighted by Gasteiger charge is -2.05. The van der Waals surface area contributed by atoms with Crippen LogP contribution in [0.4, 0.5) is 5.69 Å². The normalized spacial score (nSPS) is 9.86. The molecular formula is C10H12BrNO2. The zero-order valence-electron chi connectivity index (χ0n) is 7.92. The molecule has 0 unspecified atom stereocenters. The number of rotatable bonds is 3. The SMILES string of the molecule is CC(=O)OCCc1cc(N)ccc1Br. The fraction of sp³-hybridized carbons (Fsp3) is 0.300. The number of anilines is 1. The Labute approximate surface area is 91.4 Å². The smallest absolute Gasteiger partial charge is 0.302 e. The highest BCUT2D eigenvalue weighted by molar-refractivity contribution is 9.10. The van der Waals surface area contributed by atoms with Crippen LogP contribution in [0.15, 0.2) is 22.7 Å². The first kappa shape index (κ1) is 11.0. The molecule has 14 heavy (non-hydrogen) atoms. The monoisotopic (exact) mass is 257 g/mol. The second-order valence-electron chi connectivity index (χ2n) is 2.94. The van der Waals surface area contributed by atoms with Gasteiger partial charge in [-0.25, -0.2) is 0 Å². The second kappa shape index (κ2) is 5.00. The maximum atomic E-state index is 10.5. The lowest BCUT2D eigenvalue weighted by Crippen LogP contribution is -2.04. The first-order valence-corrected chi connectivity index (χ1v) is 5.06. The largest absolute Gasteiger partial charge is 0.466 e. The van der Waals surface area contributed by atoms with E-state index in [-0.39, 0.29) is 5.97 Å². The molecular weight excluding hydrogens is 246 g/mol. The summed E-state index contributed by atoms with van der Waals surface area (Å²) in [6.07, 6.45) is 0.672. The summed E-state index contributed by atoms with van der Waals surface area (Å²) in [6.45, 7) is 1.78. The van der Waals surface area contributed by atoms with Crippen molar-refractivity contribution in [2.24, 2.45) is 0 Å². The minimum atomic E-state index is -0.259. The summed E-state index contributed by atoms with van der Waals surface area (Å²) in [5, 5.41) is 0. The molecule has 0 aliphatic heterocycles. The Balaban J connectivity index is 2.57. The molecule has 4 heteroatoms. The van der Waals surface area contributed by atoms with Gasteiger partial charge in [0.15, 0.2) is 0 Å². The Morgan fingerprint density at radius 2 is 2.29 bits per heavy atom. The number of halogens is 1. The lowest BCUT2D eigenvalue weighted by atomic mass is 10.1. The lowest BCUT2D eigenvalue weighted by molar-refractivity contribution is -0.140. The van der Waals surface area contributed by atoms with E-state index in [0.717, 1.165) is 10.0 Å². The third-order valence-corrected chi connectivity index (χ3v) is 2.52. The van der Waals surface area contributed by atoms with Gasteiger partial charge in [0.05, 0.1) is 6.61 Å². The molecule has 0 spiro atoms. The van der Waals surface area contributed by atoms with Gasteiger partial charge in [-0.05, 0) is 23.8 Å². The van der Waals surface area contributed by atoms with Gasteiger partial charge in [0.25, 0.3) is 0 Å². The van der Waals surface area contributed by atoms with Gasteiger partial charge in [0, 0.05) is 23.5 Å². The fourth-order valence-corrected chi connectivity index (χ4v) is 1.54. The molecule has 0 aliphatic rings. The summed E-state index contributed by atoms with van der Waals surface area (Å²) in [4.78, 5) is 10.5. The Hall–Kier alpha value is -1.03. The van der Waals surface area contributed by atoms with E-state index in [1.807, 2.05) is 18.2 Å². The Morgan fingerprint density at radius 1 is 1.57 bits per heavy atom. The number of nitrogen functional groups attached to an aromatic ring is 1. The Kier molecular flexibility index (Phi) is 3.95. The van der Waals surface area contributed by atoms with Gasteiger partial charge >= 0.3 is 5.97 Å². The van der Waals surface area contributed by atoms with Crippen LogP contribution in [0.5, 0.6) is 0 Å². The van der Waals surface area contributed by atoms with Gasteiger partial charge in [-0.1, -0.05) is 15.9 Å². The Morgan fingerprint density at radius 3 is 2.93 bits per heavy atom. The molecule has 0 bridgehead atoms. The second-order valence-corrected chi connectivity index (χ2v) is 3.80. The average molecular weight is 258 g/mol. The number of ether oxygens (including phenoxy) is 1. The third kappa shape index (κ3) is 3.38. The number of hydrogen-bond acceptors (Lipinski definition) is 3. The molecule has 0 aliphatic carbocycles. The van der Waals surface area contributed by atoms with Crippen LogP contribution in [-0.4, -0.2) is 12.6 Å². The summed E-state index contributed by atoms with van der Waals surface area (Å²) in [6, 6.07) is 5.57. The van der Waals surface area contributed by atoms with E-state index in [1.165, 1.54) is 6.92 Å². The minimum absolute atomic E-state index is 0.259. The molecule has 76 valence electrons. The first-order chi connectivity index (χ1) is 6.59. The van der Waals surface area contributed by atoms with E-state index in [0.29, 0.717) is 18.7 Å². The van der Waals surface area contributed by atoms with E-state index in [9.17, 15) is 4.79 Å². The van der Waals surface area contributed by atoms with Crippen molar-refractivity contribution in [1.29, 1.82) is 0 Å². The topological polar surface area (TPSA) is 52.3 Å². The van der Waals surface area contributed by atoms with Gasteiger partial charge in [0.2, 0.25) is 0 Å². The number of nitrogens with two attached hydrogens (primary N) is 1. The Bertz CT molecular complexity index is 339. The number of carbonyl (C=O) groups excluding carboxylic acids is 1. The van der Waals surface area contributed by atoms with E-state index in [4.69, 9.17) is 10.5 Å². The quantitative estimate of drug-likeness (QED) is 0.667. The van der Waals surface area contributed by atoms with Gasteiger partial charge in [-0.3, -0.25) is 4.79 Å². The molecule has 0 saturated carbocycles. The number of hydrogen-bond donors (Lipinski definition) is 1. The molecule has 0 radical (unpaired) electrons. The maximum absolute atomic E-state index is 10.5. The van der Waals surface area contributed by atoms with Crippen molar-refractivity contribution in [1.82, 2.24) is 0 Å². The molecule has 0 atom stereocenters. The molecule has 0 amide bonds. The standard InChI is InChI=1S/C10H12BrNO2/c1-7(13)14-5-4-8-6-9(12)2-3-10(8)11/h2-3,6H,4-5,12H2,1H3. The van der Waals surface area contributed by atoms with Crippen molar-refractivity contribution in [3.05, 3.63) is 28.2 Å². The molecule has 2 N–H and O–H groups in total. The highest BCUT2D eigenvalue weighted by atomic mass is 79.9. The number of esters is 1. The van der Waals surface area contributed by atoms with Crippen molar-refractivity contribution in [3.63, 3.8) is 0 Å².